The number of hydrogen-bond donors (Lipinski definition) is 1. The molecule has 1 heterocycles. The van der Waals surface area contributed by atoms with Crippen molar-refractivity contribution in [2.24, 2.45) is 40.4 Å². The lowest BCUT2D eigenvalue weighted by Crippen LogP contribution is -2.62. The van der Waals surface area contributed by atoms with E-state index in [1.165, 1.54) is 51.4 Å². The molecule has 5 heteroatoms. The highest BCUT2D eigenvalue weighted by Crippen LogP contribution is 2.69. The van der Waals surface area contributed by atoms with Crippen LogP contribution >= 0.6 is 0 Å². The Bertz CT molecular complexity index is 941. The maximum atomic E-state index is 12.9. The molecule has 0 aromatic heterocycles. The maximum Gasteiger partial charge on any atom is 0.222 e. The van der Waals surface area contributed by atoms with E-state index >= 15 is 0 Å². The fourth-order valence-electron chi connectivity index (χ4n) is 11.2. The minimum absolute atomic E-state index is 0.0172. The van der Waals surface area contributed by atoms with E-state index in [0.29, 0.717) is 23.9 Å². The van der Waals surface area contributed by atoms with Gasteiger partial charge in [-0.05, 0) is 143 Å². The summed E-state index contributed by atoms with van der Waals surface area (Å²) in [5, 5.41) is 12.6. The lowest BCUT2D eigenvalue weighted by Gasteiger charge is -2.62. The van der Waals surface area contributed by atoms with Gasteiger partial charge in [-0.2, -0.15) is 0 Å². The maximum absolute atomic E-state index is 12.9. The number of likely N-dealkylation sites (tertiary alicyclic amines) is 1. The van der Waals surface area contributed by atoms with Gasteiger partial charge in [-0.25, -0.2) is 0 Å². The van der Waals surface area contributed by atoms with Gasteiger partial charge in [0.05, 0.1) is 11.6 Å². The van der Waals surface area contributed by atoms with Crippen molar-refractivity contribution in [1.82, 2.24) is 4.90 Å². The first-order valence-corrected chi connectivity index (χ1v) is 20.2. The van der Waals surface area contributed by atoms with Crippen LogP contribution in [0.2, 0.25) is 18.1 Å². The summed E-state index contributed by atoms with van der Waals surface area (Å²) in [7, 11) is -1.74. The second-order valence-electron chi connectivity index (χ2n) is 17.3. The summed E-state index contributed by atoms with van der Waals surface area (Å²) in [6, 6.07) is -0.0172. The Hall–Kier alpha value is -0.393. The molecule has 5 rings (SSSR count). The van der Waals surface area contributed by atoms with Crippen molar-refractivity contribution in [3.63, 3.8) is 0 Å². The van der Waals surface area contributed by atoms with Gasteiger partial charge in [-0.1, -0.05) is 41.5 Å². The molecule has 1 saturated heterocycles. The molecule has 1 amide bonds. The molecule has 4 aliphatic carbocycles. The lowest BCUT2D eigenvalue weighted by atomic mass is 9.44. The molecule has 5 aliphatic rings. The first-order valence-electron chi connectivity index (χ1n) is 17.3. The number of aliphatic hydroxyl groups is 1. The number of carbonyl (C=O) groups excluding carboxylic acids is 1. The number of hydrogen-bond acceptors (Lipinski definition) is 3. The fraction of sp³-hybridized carbons (Fsp3) is 0.971. The first-order chi connectivity index (χ1) is 18.6. The SMILES string of the molecule is CCC(=O)N1CCCCC1C(C)(O)[C@H]1CC[C@H]2[C@@H]3CCC4C[C@@H](O[Si](C)(C)C(C)(C)C)CC[C@]4(C)[C@H]3CC[C@]12C. The van der Waals surface area contributed by atoms with E-state index in [1.54, 1.807) is 0 Å². The van der Waals surface area contributed by atoms with Gasteiger partial charge < -0.3 is 14.4 Å². The average molecular weight is 574 g/mol. The molecule has 40 heavy (non-hydrogen) atoms. The van der Waals surface area contributed by atoms with E-state index in [9.17, 15) is 9.90 Å². The normalized spacial score (nSPS) is 43.9. The van der Waals surface area contributed by atoms with Crippen LogP contribution in [0.15, 0.2) is 0 Å². The van der Waals surface area contributed by atoms with Gasteiger partial charge >= 0.3 is 0 Å². The van der Waals surface area contributed by atoms with Crippen LogP contribution in [0.5, 0.6) is 0 Å². The van der Waals surface area contributed by atoms with Crippen LogP contribution in [0.4, 0.5) is 0 Å². The predicted octanol–water partition coefficient (Wildman–Crippen LogP) is 8.58. The van der Waals surface area contributed by atoms with Crippen LogP contribution in [0.3, 0.4) is 0 Å². The van der Waals surface area contributed by atoms with E-state index in [-0.39, 0.29) is 22.4 Å². The molecule has 0 bridgehead atoms. The van der Waals surface area contributed by atoms with Crippen LogP contribution in [0.25, 0.3) is 0 Å². The molecular weight excluding hydrogens is 510 g/mol. The zero-order valence-corrected chi connectivity index (χ0v) is 28.7. The van der Waals surface area contributed by atoms with Crippen LogP contribution in [0, 0.1) is 40.4 Å². The van der Waals surface area contributed by atoms with Crippen LogP contribution in [-0.2, 0) is 9.22 Å². The third kappa shape index (κ3) is 4.98. The summed E-state index contributed by atoms with van der Waals surface area (Å²) in [5.74, 6) is 3.68. The molecule has 4 nitrogen and oxygen atoms in total. The van der Waals surface area contributed by atoms with Crippen molar-refractivity contribution in [3.8, 4) is 0 Å². The van der Waals surface area contributed by atoms with Gasteiger partial charge in [0, 0.05) is 19.1 Å². The molecule has 1 aliphatic heterocycles. The highest BCUT2D eigenvalue weighted by molar-refractivity contribution is 6.74. The van der Waals surface area contributed by atoms with Crippen LogP contribution < -0.4 is 0 Å². The molecule has 0 aromatic carbocycles. The molecule has 3 unspecified atom stereocenters. The van der Waals surface area contributed by atoms with E-state index < -0.39 is 13.9 Å². The second kappa shape index (κ2) is 10.6. The molecule has 0 aromatic rings. The molecular formula is C35H63NO3Si. The average Bonchev–Trinajstić information content (AvgIpc) is 3.25. The summed E-state index contributed by atoms with van der Waals surface area (Å²) in [4.78, 5) is 15.0. The minimum Gasteiger partial charge on any atom is -0.414 e. The topological polar surface area (TPSA) is 49.8 Å². The van der Waals surface area contributed by atoms with Crippen molar-refractivity contribution in [2.75, 3.05) is 6.54 Å². The Kier molecular flexibility index (Phi) is 8.26. The molecule has 1 N–H and O–H groups in total. The molecule has 230 valence electrons. The zero-order chi connectivity index (χ0) is 29.3. The number of rotatable bonds is 5. The number of piperidine rings is 1. The molecule has 0 radical (unpaired) electrons. The Balaban J connectivity index is 1.31. The number of carbonyl (C=O) groups is 1. The van der Waals surface area contributed by atoms with E-state index in [1.807, 2.05) is 6.92 Å². The predicted molar refractivity (Wildman–Crippen MR) is 168 cm³/mol. The summed E-state index contributed by atoms with van der Waals surface area (Å²) in [6.07, 6.45) is 15.7. The van der Waals surface area contributed by atoms with Gasteiger partial charge in [0.1, 0.15) is 0 Å². The van der Waals surface area contributed by atoms with Gasteiger partial charge in [0.25, 0.3) is 0 Å². The molecule has 5 fully saturated rings. The summed E-state index contributed by atoms with van der Waals surface area (Å²) >= 11 is 0. The third-order valence-corrected chi connectivity index (χ3v) is 18.9. The first kappa shape index (κ1) is 31.0. The largest absolute Gasteiger partial charge is 0.414 e. The Morgan fingerprint density at radius 2 is 1.60 bits per heavy atom. The number of amides is 1. The van der Waals surface area contributed by atoms with E-state index in [0.717, 1.165) is 55.9 Å². The highest BCUT2D eigenvalue weighted by Gasteiger charge is 2.64. The van der Waals surface area contributed by atoms with Crippen molar-refractivity contribution >= 4 is 14.2 Å². The zero-order valence-electron chi connectivity index (χ0n) is 27.7. The monoisotopic (exact) mass is 573 g/mol. The fourth-order valence-corrected chi connectivity index (χ4v) is 12.6. The summed E-state index contributed by atoms with van der Waals surface area (Å²) < 4.78 is 6.98. The number of fused-ring (bicyclic) bond motifs is 5. The summed E-state index contributed by atoms with van der Waals surface area (Å²) in [6.45, 7) is 22.1. The van der Waals surface area contributed by atoms with Crippen LogP contribution in [0.1, 0.15) is 132 Å². The smallest absolute Gasteiger partial charge is 0.222 e. The van der Waals surface area contributed by atoms with E-state index in [4.69, 9.17) is 4.43 Å². The standard InChI is InChI=1S/C35H63NO3Si/c1-10-31(37)36-22-12-11-13-30(36)35(7,38)29-17-16-27-26-15-14-24-23-25(39-40(8,9)32(2,3)4)18-20-33(24,5)28(26)19-21-34(27,29)6/h24-30,38H,10-23H2,1-9H3/t24?,25-,26-,27-,28-,29-,30?,33-,34-,35?/m0/s1. The van der Waals surface area contributed by atoms with E-state index in [2.05, 4.69) is 59.5 Å². The van der Waals surface area contributed by atoms with Gasteiger partial charge in [0.2, 0.25) is 5.91 Å². The lowest BCUT2D eigenvalue weighted by molar-refractivity contribution is -0.167. The minimum atomic E-state index is -1.74. The van der Waals surface area contributed by atoms with Crippen molar-refractivity contribution < 1.29 is 14.3 Å². The Morgan fingerprint density at radius 3 is 2.27 bits per heavy atom. The Labute approximate surface area is 247 Å². The quantitative estimate of drug-likeness (QED) is 0.335. The Morgan fingerprint density at radius 1 is 0.925 bits per heavy atom. The van der Waals surface area contributed by atoms with Crippen LogP contribution in [-0.4, -0.2) is 48.5 Å². The second-order valence-corrected chi connectivity index (χ2v) is 22.0. The number of nitrogens with zero attached hydrogens (tertiary/aromatic N) is 1. The third-order valence-electron chi connectivity index (χ3n) is 14.4. The summed E-state index contributed by atoms with van der Waals surface area (Å²) in [5.41, 5.74) is -0.164. The molecule has 10 atom stereocenters. The van der Waals surface area contributed by atoms with Crippen molar-refractivity contribution in [1.29, 1.82) is 0 Å². The van der Waals surface area contributed by atoms with Crippen molar-refractivity contribution in [2.45, 2.75) is 168 Å². The molecule has 0 spiro atoms. The van der Waals surface area contributed by atoms with Gasteiger partial charge in [-0.3, -0.25) is 4.79 Å². The van der Waals surface area contributed by atoms with Gasteiger partial charge in [-0.15, -0.1) is 0 Å². The highest BCUT2D eigenvalue weighted by atomic mass is 28.4. The molecule has 4 saturated carbocycles. The van der Waals surface area contributed by atoms with Crippen molar-refractivity contribution in [3.05, 3.63) is 0 Å². The van der Waals surface area contributed by atoms with Gasteiger partial charge in [0.15, 0.2) is 8.32 Å².